The number of carbonyl (C=O) groups is 2. The third kappa shape index (κ3) is 19.0. The summed E-state index contributed by atoms with van der Waals surface area (Å²) in [6, 6.07) is 44.7. The van der Waals surface area contributed by atoms with E-state index in [1.807, 2.05) is 150 Å². The molecule has 1 saturated heterocycles. The van der Waals surface area contributed by atoms with Crippen molar-refractivity contribution in [3.8, 4) is 11.5 Å². The predicted molar refractivity (Wildman–Crippen MR) is 327 cm³/mol. The first-order chi connectivity index (χ1) is 37.8. The minimum atomic E-state index is -5.33. The van der Waals surface area contributed by atoms with Crippen LogP contribution in [0.4, 0.5) is 0 Å². The molecule has 1 aliphatic heterocycles. The van der Waals surface area contributed by atoms with E-state index in [9.17, 15) is 32.9 Å². The third-order valence-electron chi connectivity index (χ3n) is 12.6. The van der Waals surface area contributed by atoms with Crippen LogP contribution < -0.4 is 9.47 Å². The van der Waals surface area contributed by atoms with Gasteiger partial charge in [0, 0.05) is 0 Å². The molecule has 0 spiro atoms. The topological polar surface area (TPSA) is 204 Å². The average Bonchev–Trinajstić information content (AvgIpc) is 3.68. The first-order valence-corrected chi connectivity index (χ1v) is 37.0. The van der Waals surface area contributed by atoms with Gasteiger partial charge in [-0.3, -0.25) is 4.79 Å². The first-order valence-electron chi connectivity index (χ1n) is 25.4. The molecule has 1 aliphatic rings. The quantitative estimate of drug-likeness (QED) is 0.0308. The number of benzene rings is 6. The normalized spacial score (nSPS) is 15.9. The molecule has 80 heavy (non-hydrogen) atoms. The molecule has 0 radical (unpaired) electrons. The fourth-order valence-corrected chi connectivity index (χ4v) is 21.4. The summed E-state index contributed by atoms with van der Waals surface area (Å²) in [5.41, 5.74) is 3.28. The van der Waals surface area contributed by atoms with Crippen LogP contribution in [0.15, 0.2) is 190 Å². The van der Waals surface area contributed by atoms with Crippen LogP contribution in [0.2, 0.25) is 0 Å². The van der Waals surface area contributed by atoms with E-state index < -0.39 is 54.8 Å². The summed E-state index contributed by atoms with van der Waals surface area (Å²) >= 11 is -8.00. The van der Waals surface area contributed by atoms with Crippen LogP contribution in [-0.2, 0) is 63.9 Å². The molecule has 0 amide bonds. The third-order valence-corrected chi connectivity index (χ3v) is 30.6. The van der Waals surface area contributed by atoms with Crippen LogP contribution in [0.5, 0.6) is 11.5 Å². The molecule has 3 unspecified atom stereocenters. The Labute approximate surface area is 483 Å². The Hall–Kier alpha value is -5.60. The molecule has 7 rings (SSSR count). The Morgan fingerprint density at radius 3 is 1.46 bits per heavy atom. The van der Waals surface area contributed by atoms with Gasteiger partial charge in [-0.25, -0.2) is 0 Å². The van der Waals surface area contributed by atoms with Crippen molar-refractivity contribution in [3.05, 3.63) is 209 Å². The van der Waals surface area contributed by atoms with Gasteiger partial charge in [0.25, 0.3) is 0 Å². The molecule has 15 nitrogen and oxygen atoms in total. The predicted octanol–water partition coefficient (Wildman–Crippen LogP) is 12.4. The molecule has 0 aromatic heterocycles. The van der Waals surface area contributed by atoms with Crippen LogP contribution in [-0.4, -0.2) is 78.0 Å². The van der Waals surface area contributed by atoms with E-state index in [-0.39, 0.29) is 62.1 Å². The van der Waals surface area contributed by atoms with E-state index in [1.54, 1.807) is 60.7 Å². The second kappa shape index (κ2) is 29.9. The minimum absolute atomic E-state index is 0.0185. The molecule has 1 N–H and O–H groups in total. The summed E-state index contributed by atoms with van der Waals surface area (Å²) in [6.45, 7) is 16.2. The molecule has 0 bridgehead atoms. The van der Waals surface area contributed by atoms with Gasteiger partial charge in [-0.2, -0.15) is 0 Å². The standard InChI is InChI=1S/C27H29IO6S.C20H29BO5.C13H13IO4S/c1-21-10-16-26(17-11-21)35(30,31)34-28(24-8-5-4-6-9-24)18-7-19-33-25-14-12-23(13-15-25)20-22(2)27(29)32-3;1-15(18(22)23-6)14-16-8-10-17(11-9-16)24-13-7-12-21-25-19(2,3)20(4,5)26-21;1-11-7-9-13(10-8-11)19(17,18)14(15,16)12-5-3-2-4-6-12/h4-18,22H,19-20H2,1-3H3;7-12,15H,13-14H2,1-6H3;2-10H,1H3,(H,15,16)/b18-7+;12-7+;. The molecule has 3 atom stereocenters. The van der Waals surface area contributed by atoms with Crippen LogP contribution in [0, 0.1) is 32.8 Å². The van der Waals surface area contributed by atoms with Gasteiger partial charge in [0.2, 0.25) is 0 Å². The zero-order valence-corrected chi connectivity index (χ0v) is 52.6. The van der Waals surface area contributed by atoms with Crippen molar-refractivity contribution in [2.24, 2.45) is 11.8 Å². The van der Waals surface area contributed by atoms with Crippen LogP contribution in [0.3, 0.4) is 0 Å². The summed E-state index contributed by atoms with van der Waals surface area (Å²) in [4.78, 5) is 23.1. The SMILES string of the molecule is COC(=O)C(C)Cc1ccc(OC/C=C/B2OC(C)(C)C(C)(C)O2)cc1.COC(=O)C(C)Cc1ccc(OC/C=C/I(OS(=O)(=O)c2ccc(C)cc2)c2ccccc2)cc1.Cc1ccc(S(=O)(=O)I(=O)(O)c2ccccc2)cc1. The van der Waals surface area contributed by atoms with Gasteiger partial charge in [0.1, 0.15) is 12.4 Å². The van der Waals surface area contributed by atoms with Crippen molar-refractivity contribution in [1.82, 2.24) is 0 Å². The van der Waals surface area contributed by atoms with Crippen molar-refractivity contribution < 1.29 is 63.7 Å². The molecule has 0 aliphatic carbocycles. The number of carbonyl (C=O) groups excluding carboxylic acids is 2. The fourth-order valence-electron chi connectivity index (χ4n) is 7.27. The van der Waals surface area contributed by atoms with E-state index in [0.29, 0.717) is 25.2 Å². The number of halogens is 2. The summed E-state index contributed by atoms with van der Waals surface area (Å²) in [7, 11) is -5.68. The number of hydrogen-bond acceptors (Lipinski definition) is 14. The number of esters is 2. The summed E-state index contributed by atoms with van der Waals surface area (Å²) < 4.78 is 114. The van der Waals surface area contributed by atoms with E-state index >= 15 is 0 Å². The molecule has 1 fully saturated rings. The Morgan fingerprint density at radius 2 is 1.02 bits per heavy atom. The van der Waals surface area contributed by atoms with Crippen molar-refractivity contribution in [2.75, 3.05) is 27.4 Å². The number of methoxy groups -OCH3 is 2. The fraction of sp³-hybridized carbons (Fsp3) is 0.300. The van der Waals surface area contributed by atoms with Gasteiger partial charge in [0.15, 0.2) is 0 Å². The number of ether oxygens (including phenoxy) is 4. The Bertz CT molecular complexity index is 3250. The molecule has 6 aromatic carbocycles. The van der Waals surface area contributed by atoms with E-state index in [2.05, 4.69) is 0 Å². The van der Waals surface area contributed by atoms with Crippen molar-refractivity contribution in [3.63, 3.8) is 0 Å². The van der Waals surface area contributed by atoms with E-state index in [0.717, 1.165) is 31.6 Å². The van der Waals surface area contributed by atoms with Crippen LogP contribution in [0.1, 0.15) is 63.8 Å². The average molecular weight is 1360 g/mol. The van der Waals surface area contributed by atoms with Gasteiger partial charge in [-0.15, -0.1) is 0 Å². The maximum atomic E-state index is 12.9. The maximum absolute atomic E-state index is 12.9. The molecule has 20 heteroatoms. The first kappa shape index (κ1) is 65.2. The summed E-state index contributed by atoms with van der Waals surface area (Å²) in [6.07, 6.45) is 4.94. The van der Waals surface area contributed by atoms with Crippen molar-refractivity contribution in [2.45, 2.75) is 89.2 Å². The Kier molecular flexibility index (Phi) is 24.4. The van der Waals surface area contributed by atoms with E-state index in [1.165, 1.54) is 38.5 Å². The summed E-state index contributed by atoms with van der Waals surface area (Å²) in [5, 5.41) is 0. The van der Waals surface area contributed by atoms with Gasteiger partial charge >= 0.3 is 337 Å². The Morgan fingerprint density at radius 1 is 0.613 bits per heavy atom. The molecular formula is C60H71BI2O15S2. The molecule has 1 heterocycles. The second-order valence-electron chi connectivity index (χ2n) is 19.5. The van der Waals surface area contributed by atoms with Crippen molar-refractivity contribution in [1.29, 1.82) is 0 Å². The van der Waals surface area contributed by atoms with Gasteiger partial charge < -0.3 is 18.8 Å². The van der Waals surface area contributed by atoms with Crippen molar-refractivity contribution >= 4 is 73.9 Å². The van der Waals surface area contributed by atoms with Gasteiger partial charge in [-0.1, -0.05) is 31.1 Å². The second-order valence-corrected chi connectivity index (χ2v) is 37.0. The van der Waals surface area contributed by atoms with E-state index in [4.69, 9.17) is 30.8 Å². The molecular weight excluding hydrogens is 1290 g/mol. The molecule has 430 valence electrons. The number of rotatable bonds is 21. The monoisotopic (exact) mass is 1360 g/mol. The van der Waals surface area contributed by atoms with Crippen LogP contribution in [0.25, 0.3) is 0 Å². The Balaban J connectivity index is 0.000000231. The van der Waals surface area contributed by atoms with Crippen LogP contribution >= 0.6 is 37.7 Å². The summed E-state index contributed by atoms with van der Waals surface area (Å²) in [5.74, 6) is 2.53. The zero-order chi connectivity index (χ0) is 58.7. The molecule has 0 saturated carbocycles. The molecule has 6 aromatic rings. The van der Waals surface area contributed by atoms with Gasteiger partial charge in [-0.05, 0) is 51.8 Å². The number of hydrogen-bond donors (Lipinski definition) is 1. The number of aryl methyl sites for hydroxylation is 2. The van der Waals surface area contributed by atoms with Gasteiger partial charge in [0.05, 0.1) is 31.3 Å². The zero-order valence-electron chi connectivity index (χ0n) is 46.6.